The van der Waals surface area contributed by atoms with E-state index in [0.717, 1.165) is 42.5 Å². The van der Waals surface area contributed by atoms with E-state index in [1.807, 2.05) is 24.1 Å². The molecule has 0 unspecified atom stereocenters. The van der Waals surface area contributed by atoms with Gasteiger partial charge in [0.1, 0.15) is 18.0 Å². The molecule has 2 bridgehead atoms. The molecule has 2 aromatic heterocycles. The second-order valence-electron chi connectivity index (χ2n) is 9.51. The zero-order chi connectivity index (χ0) is 23.2. The van der Waals surface area contributed by atoms with E-state index >= 15 is 4.39 Å². The molecule has 0 spiro atoms. The Labute approximate surface area is 196 Å². The van der Waals surface area contributed by atoms with Gasteiger partial charge in [-0.05, 0) is 54.7 Å². The Bertz CT molecular complexity index is 1210. The summed E-state index contributed by atoms with van der Waals surface area (Å²) in [7, 11) is 1.86. The van der Waals surface area contributed by atoms with Crippen LogP contribution in [0.2, 0.25) is 0 Å². The van der Waals surface area contributed by atoms with E-state index in [1.54, 1.807) is 24.5 Å². The maximum atomic E-state index is 15.3. The third-order valence-electron chi connectivity index (χ3n) is 7.16. The van der Waals surface area contributed by atoms with Crippen molar-refractivity contribution in [3.63, 3.8) is 0 Å². The van der Waals surface area contributed by atoms with Gasteiger partial charge >= 0.3 is 0 Å². The molecule has 2 fully saturated rings. The second-order valence-corrected chi connectivity index (χ2v) is 10.5. The van der Waals surface area contributed by atoms with Gasteiger partial charge in [0.15, 0.2) is 16.6 Å². The van der Waals surface area contributed by atoms with E-state index in [-0.39, 0.29) is 23.1 Å². The maximum absolute atomic E-state index is 15.3. The third kappa shape index (κ3) is 4.04. The van der Waals surface area contributed by atoms with Gasteiger partial charge < -0.3 is 10.0 Å². The van der Waals surface area contributed by atoms with E-state index in [9.17, 15) is 5.11 Å². The summed E-state index contributed by atoms with van der Waals surface area (Å²) < 4.78 is 15.3. The average Bonchev–Trinajstić information content (AvgIpc) is 3.31. The largest absolute Gasteiger partial charge is 0.507 e. The molecule has 2 heterocycles. The number of halogens is 1. The minimum absolute atomic E-state index is 0.0131. The summed E-state index contributed by atoms with van der Waals surface area (Å²) >= 11 is 1.26. The van der Waals surface area contributed by atoms with Crippen molar-refractivity contribution < 1.29 is 9.50 Å². The van der Waals surface area contributed by atoms with Crippen LogP contribution < -0.4 is 4.90 Å². The molecule has 0 amide bonds. The molecule has 7 nitrogen and oxygen atoms in total. The Morgan fingerprint density at radius 2 is 2.09 bits per heavy atom. The van der Waals surface area contributed by atoms with Crippen LogP contribution >= 0.6 is 11.3 Å². The number of nitrogens with zero attached hydrogens (tertiary/aromatic N) is 6. The van der Waals surface area contributed by atoms with E-state index in [1.165, 1.54) is 11.3 Å². The van der Waals surface area contributed by atoms with Crippen molar-refractivity contribution in [3.05, 3.63) is 35.6 Å². The Kier molecular flexibility index (Phi) is 5.49. The number of aromatic nitrogens is 4. The molecule has 0 saturated heterocycles. The number of phenols is 1. The molecule has 2 aliphatic carbocycles. The highest BCUT2D eigenvalue weighted by Gasteiger charge is 2.47. The van der Waals surface area contributed by atoms with Crippen LogP contribution in [0.3, 0.4) is 0 Å². The van der Waals surface area contributed by atoms with Crippen LogP contribution in [0, 0.1) is 22.7 Å². The smallest absolute Gasteiger partial charge is 0.194 e. The van der Waals surface area contributed by atoms with Crippen molar-refractivity contribution in [1.82, 2.24) is 20.2 Å². The summed E-state index contributed by atoms with van der Waals surface area (Å²) in [5, 5.41) is 28.4. The van der Waals surface area contributed by atoms with E-state index in [0.29, 0.717) is 22.2 Å². The minimum atomic E-state index is -0.880. The zero-order valence-electron chi connectivity index (χ0n) is 18.6. The molecule has 33 heavy (non-hydrogen) atoms. The van der Waals surface area contributed by atoms with Gasteiger partial charge in [-0.1, -0.05) is 19.4 Å². The van der Waals surface area contributed by atoms with Crippen LogP contribution in [-0.4, -0.2) is 44.5 Å². The highest BCUT2D eigenvalue weighted by molar-refractivity contribution is 7.15. The number of nitriles is 1. The summed E-state index contributed by atoms with van der Waals surface area (Å²) in [4.78, 5) is 11.1. The lowest BCUT2D eigenvalue weighted by molar-refractivity contribution is 0.0113. The zero-order valence-corrected chi connectivity index (χ0v) is 19.4. The number of thiazole rings is 1. The molecule has 170 valence electrons. The predicted octanol–water partition coefficient (Wildman–Crippen LogP) is 4.98. The van der Waals surface area contributed by atoms with Crippen molar-refractivity contribution in [2.24, 2.45) is 11.3 Å². The first kappa shape index (κ1) is 21.7. The summed E-state index contributed by atoms with van der Waals surface area (Å²) in [6.45, 7) is 2.28. The molecule has 1 N–H and O–H groups in total. The number of hydrogen-bond donors (Lipinski definition) is 1. The van der Waals surface area contributed by atoms with Gasteiger partial charge in [0.2, 0.25) is 0 Å². The van der Waals surface area contributed by atoms with Gasteiger partial charge in [-0.15, -0.1) is 21.5 Å². The molecule has 2 saturated carbocycles. The summed E-state index contributed by atoms with van der Waals surface area (Å²) in [5.74, 6) is 0.949. The predicted molar refractivity (Wildman–Crippen MR) is 125 cm³/mol. The van der Waals surface area contributed by atoms with Crippen LogP contribution in [0.4, 0.5) is 10.2 Å². The van der Waals surface area contributed by atoms with Crippen LogP contribution in [0.25, 0.3) is 21.8 Å². The first-order chi connectivity index (χ1) is 15.9. The highest BCUT2D eigenvalue weighted by atomic mass is 32.1. The first-order valence-electron chi connectivity index (χ1n) is 11.1. The van der Waals surface area contributed by atoms with Crippen molar-refractivity contribution in [2.45, 2.75) is 51.2 Å². The van der Waals surface area contributed by atoms with E-state index in [4.69, 9.17) is 5.26 Å². The summed E-state index contributed by atoms with van der Waals surface area (Å²) in [6, 6.07) is 6.92. The lowest BCUT2D eigenvalue weighted by atomic mass is 9.60. The number of aromatic hydroxyl groups is 1. The third-order valence-corrected chi connectivity index (χ3v) is 8.11. The van der Waals surface area contributed by atoms with Gasteiger partial charge in [0.25, 0.3) is 0 Å². The molecule has 0 radical (unpaired) electrons. The van der Waals surface area contributed by atoms with E-state index < -0.39 is 6.17 Å². The van der Waals surface area contributed by atoms with Crippen molar-refractivity contribution in [3.8, 4) is 33.6 Å². The number of alkyl halides is 1. The topological polar surface area (TPSA) is 98.8 Å². The Hall–Kier alpha value is -3.12. The van der Waals surface area contributed by atoms with Gasteiger partial charge in [0.05, 0.1) is 22.7 Å². The molecular weight excluding hydrogens is 439 g/mol. The number of phenolic OH excluding ortho intramolecular Hbond substituents is 1. The maximum Gasteiger partial charge on any atom is 0.194 e. The monoisotopic (exact) mass is 464 g/mol. The molecule has 5 rings (SSSR count). The van der Waals surface area contributed by atoms with E-state index in [2.05, 4.69) is 27.1 Å². The van der Waals surface area contributed by atoms with Crippen LogP contribution in [0.5, 0.6) is 5.75 Å². The SMILES string of the molecule is CN(c1cnc(-c2ccc(-c3cnc(C#N)s3)cc2O)nn1)[C@@H]1C[C@@]2(C)CCC[C@H](C2)[C@@H]1F. The van der Waals surface area contributed by atoms with Gasteiger partial charge in [-0.2, -0.15) is 5.26 Å². The quantitative estimate of drug-likeness (QED) is 0.581. The lowest BCUT2D eigenvalue weighted by Gasteiger charge is -2.50. The Morgan fingerprint density at radius 1 is 1.24 bits per heavy atom. The van der Waals surface area contributed by atoms with Gasteiger partial charge in [0, 0.05) is 13.2 Å². The van der Waals surface area contributed by atoms with Gasteiger partial charge in [-0.25, -0.2) is 14.4 Å². The Balaban J connectivity index is 1.36. The fraction of sp³-hybridized carbons (Fsp3) is 0.458. The highest BCUT2D eigenvalue weighted by Crippen LogP contribution is 2.50. The summed E-state index contributed by atoms with van der Waals surface area (Å²) in [6.07, 6.45) is 7.31. The molecule has 9 heteroatoms. The van der Waals surface area contributed by atoms with Crippen molar-refractivity contribution in [1.29, 1.82) is 5.26 Å². The van der Waals surface area contributed by atoms with Gasteiger partial charge in [-0.3, -0.25) is 0 Å². The molecule has 2 aliphatic rings. The van der Waals surface area contributed by atoms with Crippen molar-refractivity contribution in [2.75, 3.05) is 11.9 Å². The number of rotatable bonds is 4. The minimum Gasteiger partial charge on any atom is -0.507 e. The molecule has 4 atom stereocenters. The molecule has 0 aliphatic heterocycles. The van der Waals surface area contributed by atoms with Crippen LogP contribution in [-0.2, 0) is 0 Å². The number of anilines is 1. The fourth-order valence-electron chi connectivity index (χ4n) is 5.42. The summed E-state index contributed by atoms with van der Waals surface area (Å²) in [5.41, 5.74) is 1.39. The van der Waals surface area contributed by atoms with Crippen LogP contribution in [0.1, 0.15) is 44.0 Å². The normalized spacial score (nSPS) is 26.5. The molecule has 3 aromatic rings. The van der Waals surface area contributed by atoms with Crippen molar-refractivity contribution >= 4 is 17.2 Å². The molecule has 1 aromatic carbocycles. The average molecular weight is 465 g/mol. The Morgan fingerprint density at radius 3 is 2.79 bits per heavy atom. The lowest BCUT2D eigenvalue weighted by Crippen LogP contribution is -2.52. The second kappa shape index (κ2) is 8.34. The number of hydrogen-bond acceptors (Lipinski definition) is 8. The molecular formula is C24H25FN6OS. The fourth-order valence-corrected chi connectivity index (χ4v) is 6.13. The standard InChI is InChI=1S/C24H25FN6OS/c1-24-7-3-4-15(9-24)22(25)17(10-24)31(2)20-13-28-23(30-29-20)16-6-5-14(8-18(16)32)19-12-27-21(11-26)33-19/h5-6,8,12-13,15,17,22,32H,3-4,7,9-10H2,1-2H3/t15-,17-,22+,24+/m1/s1. The number of benzene rings is 1. The first-order valence-corrected chi connectivity index (χ1v) is 11.9. The van der Waals surface area contributed by atoms with Crippen LogP contribution in [0.15, 0.2) is 30.6 Å². The number of fused-ring (bicyclic) bond motifs is 2.